The first-order valence-electron chi connectivity index (χ1n) is 10.1. The van der Waals surface area contributed by atoms with Crippen molar-refractivity contribution >= 4 is 15.9 Å². The molecule has 6 nitrogen and oxygen atoms in total. The van der Waals surface area contributed by atoms with Gasteiger partial charge in [-0.3, -0.25) is 9.69 Å². The fourth-order valence-corrected chi connectivity index (χ4v) is 4.90. The van der Waals surface area contributed by atoms with Gasteiger partial charge in [0.05, 0.1) is 5.75 Å². The molecule has 1 aromatic carbocycles. The molecule has 150 valence electrons. The highest BCUT2D eigenvalue weighted by Gasteiger charge is 2.25. The molecule has 2 saturated heterocycles. The molecule has 2 aliphatic heterocycles. The molecule has 0 aliphatic carbocycles. The molecule has 0 spiro atoms. The van der Waals surface area contributed by atoms with Gasteiger partial charge in [-0.25, -0.2) is 8.42 Å². The van der Waals surface area contributed by atoms with E-state index in [1.54, 1.807) is 11.2 Å². The van der Waals surface area contributed by atoms with E-state index in [4.69, 9.17) is 0 Å². The van der Waals surface area contributed by atoms with Crippen molar-refractivity contribution in [1.82, 2.24) is 14.1 Å². The van der Waals surface area contributed by atoms with Crippen LogP contribution >= 0.6 is 0 Å². The Morgan fingerprint density at radius 3 is 2.04 bits per heavy atom. The van der Waals surface area contributed by atoms with Gasteiger partial charge in [-0.05, 0) is 37.5 Å². The van der Waals surface area contributed by atoms with Gasteiger partial charge in [0, 0.05) is 51.4 Å². The molecule has 27 heavy (non-hydrogen) atoms. The third-order valence-corrected chi connectivity index (χ3v) is 7.47. The molecule has 0 saturated carbocycles. The number of rotatable bonds is 5. The van der Waals surface area contributed by atoms with Gasteiger partial charge in [-0.1, -0.05) is 25.0 Å². The molecule has 0 aromatic heterocycles. The number of benzene rings is 1. The van der Waals surface area contributed by atoms with Gasteiger partial charge in [0.15, 0.2) is 0 Å². The average Bonchev–Trinajstić information content (AvgIpc) is 2.98. The Balaban J connectivity index is 1.53. The second-order valence-electron chi connectivity index (χ2n) is 7.48. The Labute approximate surface area is 163 Å². The van der Waals surface area contributed by atoms with E-state index in [0.29, 0.717) is 13.1 Å². The number of hydrogen-bond acceptors (Lipinski definition) is 4. The second-order valence-corrected chi connectivity index (χ2v) is 9.74. The molecule has 0 N–H and O–H groups in total. The summed E-state index contributed by atoms with van der Waals surface area (Å²) in [5.41, 5.74) is 1.92. The SMILES string of the molecule is CCS(=O)(=O)N1CCN(Cc2ccc(C(=O)N3CCCCCC3)cc2)CC1. The minimum atomic E-state index is -3.08. The van der Waals surface area contributed by atoms with Crippen LogP contribution in [-0.2, 0) is 16.6 Å². The number of amides is 1. The van der Waals surface area contributed by atoms with Crippen molar-refractivity contribution in [3.8, 4) is 0 Å². The second kappa shape index (κ2) is 9.17. The zero-order chi connectivity index (χ0) is 19.3. The number of sulfonamides is 1. The van der Waals surface area contributed by atoms with E-state index in [1.807, 2.05) is 29.2 Å². The number of hydrogen-bond donors (Lipinski definition) is 0. The summed E-state index contributed by atoms with van der Waals surface area (Å²) in [6.07, 6.45) is 4.64. The summed E-state index contributed by atoms with van der Waals surface area (Å²) in [4.78, 5) is 16.9. The van der Waals surface area contributed by atoms with Gasteiger partial charge in [0.1, 0.15) is 0 Å². The minimum Gasteiger partial charge on any atom is -0.339 e. The quantitative estimate of drug-likeness (QED) is 0.769. The first-order chi connectivity index (χ1) is 13.0. The Hall–Kier alpha value is -1.44. The van der Waals surface area contributed by atoms with Crippen molar-refractivity contribution in [2.45, 2.75) is 39.2 Å². The number of carbonyl (C=O) groups excluding carboxylic acids is 1. The molecule has 1 amide bonds. The largest absolute Gasteiger partial charge is 0.339 e. The lowest BCUT2D eigenvalue weighted by Crippen LogP contribution is -2.48. The predicted octanol–water partition coefficient (Wildman–Crippen LogP) is 2.17. The maximum atomic E-state index is 12.7. The third-order valence-electron chi connectivity index (χ3n) is 5.59. The smallest absolute Gasteiger partial charge is 0.253 e. The van der Waals surface area contributed by atoms with E-state index in [1.165, 1.54) is 12.8 Å². The van der Waals surface area contributed by atoms with E-state index >= 15 is 0 Å². The maximum Gasteiger partial charge on any atom is 0.253 e. The van der Waals surface area contributed by atoms with E-state index in [9.17, 15) is 13.2 Å². The van der Waals surface area contributed by atoms with Crippen LogP contribution in [0.1, 0.15) is 48.5 Å². The lowest BCUT2D eigenvalue weighted by molar-refractivity contribution is 0.0761. The van der Waals surface area contributed by atoms with E-state index < -0.39 is 10.0 Å². The molecule has 7 heteroatoms. The number of piperazine rings is 1. The lowest BCUT2D eigenvalue weighted by atomic mass is 10.1. The van der Waals surface area contributed by atoms with Crippen LogP contribution in [-0.4, -0.2) is 73.5 Å². The summed E-state index contributed by atoms with van der Waals surface area (Å²) in [5.74, 6) is 0.307. The molecule has 0 atom stereocenters. The minimum absolute atomic E-state index is 0.141. The molecular formula is C20H31N3O3S. The van der Waals surface area contributed by atoms with Gasteiger partial charge in [0.2, 0.25) is 10.0 Å². The average molecular weight is 394 g/mol. The molecular weight excluding hydrogens is 362 g/mol. The monoisotopic (exact) mass is 393 g/mol. The normalized spacial score (nSPS) is 20.4. The van der Waals surface area contributed by atoms with Crippen molar-refractivity contribution in [3.05, 3.63) is 35.4 Å². The molecule has 3 rings (SSSR count). The third kappa shape index (κ3) is 5.30. The van der Waals surface area contributed by atoms with Gasteiger partial charge in [-0.15, -0.1) is 0 Å². The fourth-order valence-electron chi connectivity index (χ4n) is 3.82. The highest BCUT2D eigenvalue weighted by Crippen LogP contribution is 2.16. The Morgan fingerprint density at radius 1 is 0.889 bits per heavy atom. The number of nitrogens with zero attached hydrogens (tertiary/aromatic N) is 3. The summed E-state index contributed by atoms with van der Waals surface area (Å²) in [5, 5.41) is 0. The summed E-state index contributed by atoms with van der Waals surface area (Å²) >= 11 is 0. The Morgan fingerprint density at radius 2 is 1.48 bits per heavy atom. The highest BCUT2D eigenvalue weighted by atomic mass is 32.2. The summed E-state index contributed by atoms with van der Waals surface area (Å²) in [7, 11) is -3.08. The van der Waals surface area contributed by atoms with Gasteiger partial charge >= 0.3 is 0 Å². The Kier molecular flexibility index (Phi) is 6.89. The highest BCUT2D eigenvalue weighted by molar-refractivity contribution is 7.89. The van der Waals surface area contributed by atoms with Crippen LogP contribution in [0.15, 0.2) is 24.3 Å². The van der Waals surface area contributed by atoms with Gasteiger partial charge < -0.3 is 4.90 Å². The van der Waals surface area contributed by atoms with Crippen molar-refractivity contribution < 1.29 is 13.2 Å². The standard InChI is InChI=1S/C20H31N3O3S/c1-2-27(25,26)23-15-13-21(14-16-23)17-18-7-9-19(10-8-18)20(24)22-11-5-3-4-6-12-22/h7-10H,2-6,11-17H2,1H3. The number of carbonyl (C=O) groups is 1. The van der Waals surface area contributed by atoms with Gasteiger partial charge in [0.25, 0.3) is 5.91 Å². The van der Waals surface area contributed by atoms with E-state index in [0.717, 1.165) is 56.7 Å². The maximum absolute atomic E-state index is 12.7. The topological polar surface area (TPSA) is 60.9 Å². The first kappa shape index (κ1) is 20.3. The van der Waals surface area contributed by atoms with Crippen molar-refractivity contribution in [2.24, 2.45) is 0 Å². The van der Waals surface area contributed by atoms with Crippen molar-refractivity contribution in [2.75, 3.05) is 45.0 Å². The molecule has 2 fully saturated rings. The van der Waals surface area contributed by atoms with E-state index in [-0.39, 0.29) is 11.7 Å². The zero-order valence-electron chi connectivity index (χ0n) is 16.3. The van der Waals surface area contributed by atoms with Crippen LogP contribution in [0.2, 0.25) is 0 Å². The van der Waals surface area contributed by atoms with Crippen molar-refractivity contribution in [3.63, 3.8) is 0 Å². The lowest BCUT2D eigenvalue weighted by Gasteiger charge is -2.33. The van der Waals surface area contributed by atoms with Crippen LogP contribution in [0, 0.1) is 0 Å². The molecule has 2 heterocycles. The van der Waals surface area contributed by atoms with Crippen LogP contribution < -0.4 is 0 Å². The van der Waals surface area contributed by atoms with Crippen LogP contribution in [0.5, 0.6) is 0 Å². The van der Waals surface area contributed by atoms with Crippen LogP contribution in [0.4, 0.5) is 0 Å². The van der Waals surface area contributed by atoms with Crippen molar-refractivity contribution in [1.29, 1.82) is 0 Å². The Bertz CT molecular complexity index is 717. The van der Waals surface area contributed by atoms with Crippen LogP contribution in [0.25, 0.3) is 0 Å². The summed E-state index contributed by atoms with van der Waals surface area (Å²) < 4.78 is 25.5. The zero-order valence-corrected chi connectivity index (χ0v) is 17.1. The van der Waals surface area contributed by atoms with Gasteiger partial charge in [-0.2, -0.15) is 4.31 Å². The van der Waals surface area contributed by atoms with Crippen LogP contribution in [0.3, 0.4) is 0 Å². The fraction of sp³-hybridized carbons (Fsp3) is 0.650. The number of likely N-dealkylation sites (tertiary alicyclic amines) is 1. The molecule has 0 radical (unpaired) electrons. The molecule has 2 aliphatic rings. The van der Waals surface area contributed by atoms with E-state index in [2.05, 4.69) is 4.90 Å². The molecule has 0 unspecified atom stereocenters. The summed E-state index contributed by atoms with van der Waals surface area (Å²) in [6.45, 7) is 6.82. The first-order valence-corrected chi connectivity index (χ1v) is 11.7. The molecule has 0 bridgehead atoms. The predicted molar refractivity (Wildman–Crippen MR) is 107 cm³/mol. The summed E-state index contributed by atoms with van der Waals surface area (Å²) in [6, 6.07) is 7.92. The molecule has 1 aromatic rings.